The van der Waals surface area contributed by atoms with Gasteiger partial charge < -0.3 is 10.5 Å². The fourth-order valence-corrected chi connectivity index (χ4v) is 2.13. The van der Waals surface area contributed by atoms with Crippen LogP contribution >= 0.6 is 0 Å². The molecule has 0 spiro atoms. The molecule has 0 radical (unpaired) electrons. The van der Waals surface area contributed by atoms with Crippen molar-refractivity contribution in [2.45, 2.75) is 52.7 Å². The molecule has 2 unspecified atom stereocenters. The summed E-state index contributed by atoms with van der Waals surface area (Å²) in [6, 6.07) is 8.35. The maximum absolute atomic E-state index is 6.05. The lowest BCUT2D eigenvalue weighted by Crippen LogP contribution is -2.28. The van der Waals surface area contributed by atoms with Crippen LogP contribution in [0.5, 0.6) is 0 Å². The van der Waals surface area contributed by atoms with Gasteiger partial charge in [-0.3, -0.25) is 0 Å². The molecule has 2 nitrogen and oxygen atoms in total. The van der Waals surface area contributed by atoms with E-state index in [9.17, 15) is 0 Å². The Morgan fingerprint density at radius 3 is 2.39 bits per heavy atom. The van der Waals surface area contributed by atoms with E-state index in [-0.39, 0.29) is 12.1 Å². The Balaban J connectivity index is 2.58. The smallest absolute Gasteiger partial charge is 0.0975 e. The number of ether oxygens (including phenoxy) is 1. The minimum Gasteiger partial charge on any atom is -0.372 e. The van der Waals surface area contributed by atoms with Crippen LogP contribution in [-0.2, 0) is 4.74 Å². The van der Waals surface area contributed by atoms with Crippen LogP contribution in [0.4, 0.5) is 0 Å². The number of rotatable bonds is 7. The van der Waals surface area contributed by atoms with Gasteiger partial charge >= 0.3 is 0 Å². The molecule has 1 rings (SSSR count). The Kier molecular flexibility index (Phi) is 6.37. The maximum atomic E-state index is 6.05. The lowest BCUT2D eigenvalue weighted by Gasteiger charge is -2.23. The van der Waals surface area contributed by atoms with Gasteiger partial charge in [-0.05, 0) is 43.7 Å². The number of hydrogen-bond donors (Lipinski definition) is 1. The van der Waals surface area contributed by atoms with E-state index in [1.807, 2.05) is 6.92 Å². The normalized spacial score (nSPS) is 14.8. The molecular weight excluding hydrogens is 222 g/mol. The van der Waals surface area contributed by atoms with Gasteiger partial charge in [-0.2, -0.15) is 0 Å². The average molecular weight is 249 g/mol. The molecule has 0 aliphatic carbocycles. The van der Waals surface area contributed by atoms with Crippen molar-refractivity contribution in [2.75, 3.05) is 6.61 Å². The predicted octanol–water partition coefficient (Wildman–Crippen LogP) is 3.84. The molecule has 0 saturated carbocycles. The van der Waals surface area contributed by atoms with E-state index in [1.165, 1.54) is 17.5 Å². The molecule has 102 valence electrons. The van der Waals surface area contributed by atoms with Gasteiger partial charge in [0.25, 0.3) is 0 Å². The summed E-state index contributed by atoms with van der Waals surface area (Å²) >= 11 is 0. The molecule has 0 aromatic heterocycles. The Bertz CT molecular complexity index is 347. The van der Waals surface area contributed by atoms with Crippen LogP contribution in [0.1, 0.15) is 50.8 Å². The first kappa shape index (κ1) is 15.2. The highest BCUT2D eigenvalue weighted by Crippen LogP contribution is 2.24. The molecule has 18 heavy (non-hydrogen) atoms. The van der Waals surface area contributed by atoms with Gasteiger partial charge in [0.1, 0.15) is 0 Å². The largest absolute Gasteiger partial charge is 0.372 e. The van der Waals surface area contributed by atoms with E-state index >= 15 is 0 Å². The van der Waals surface area contributed by atoms with Crippen molar-refractivity contribution in [3.63, 3.8) is 0 Å². The number of benzene rings is 1. The summed E-state index contributed by atoms with van der Waals surface area (Å²) in [6.07, 6.45) is 2.32. The fourth-order valence-electron chi connectivity index (χ4n) is 2.13. The highest BCUT2D eigenvalue weighted by Gasteiger charge is 2.18. The number of nitrogens with two attached hydrogens (primary N) is 1. The molecule has 1 aromatic carbocycles. The van der Waals surface area contributed by atoms with Crippen molar-refractivity contribution < 1.29 is 4.74 Å². The molecule has 0 saturated heterocycles. The highest BCUT2D eigenvalue weighted by molar-refractivity contribution is 5.28. The van der Waals surface area contributed by atoms with Crippen molar-refractivity contribution in [1.29, 1.82) is 0 Å². The second-order valence-corrected chi connectivity index (χ2v) is 5.54. The predicted molar refractivity (Wildman–Crippen MR) is 77.6 cm³/mol. The molecule has 0 fully saturated rings. The van der Waals surface area contributed by atoms with Crippen LogP contribution in [-0.4, -0.2) is 12.6 Å². The van der Waals surface area contributed by atoms with Crippen LogP contribution < -0.4 is 5.73 Å². The Morgan fingerprint density at radius 1 is 1.17 bits per heavy atom. The van der Waals surface area contributed by atoms with Gasteiger partial charge in [0.2, 0.25) is 0 Å². The summed E-state index contributed by atoms with van der Waals surface area (Å²) in [5.41, 5.74) is 8.53. The molecule has 0 aliphatic heterocycles. The van der Waals surface area contributed by atoms with E-state index in [0.29, 0.717) is 0 Å². The van der Waals surface area contributed by atoms with Crippen molar-refractivity contribution in [1.82, 2.24) is 0 Å². The zero-order chi connectivity index (χ0) is 13.5. The summed E-state index contributed by atoms with van der Waals surface area (Å²) in [6.45, 7) is 9.40. The maximum Gasteiger partial charge on any atom is 0.0975 e. The van der Waals surface area contributed by atoms with Crippen LogP contribution in [0.2, 0.25) is 0 Å². The third-order valence-electron chi connectivity index (χ3n) is 3.20. The average Bonchev–Trinajstić information content (AvgIpc) is 2.30. The summed E-state index contributed by atoms with van der Waals surface area (Å²) < 4.78 is 6.00. The van der Waals surface area contributed by atoms with Crippen molar-refractivity contribution in [3.05, 3.63) is 35.4 Å². The minimum absolute atomic E-state index is 0.0124. The monoisotopic (exact) mass is 249 g/mol. The first-order chi connectivity index (χ1) is 8.52. The molecule has 2 heteroatoms. The van der Waals surface area contributed by atoms with Gasteiger partial charge in [0.05, 0.1) is 6.10 Å². The minimum atomic E-state index is 0.0124. The fraction of sp³-hybridized carbons (Fsp3) is 0.625. The molecule has 0 bridgehead atoms. The summed E-state index contributed by atoms with van der Waals surface area (Å²) in [5.74, 6) is 0.737. The highest BCUT2D eigenvalue weighted by atomic mass is 16.5. The van der Waals surface area contributed by atoms with Gasteiger partial charge in [-0.15, -0.1) is 0 Å². The summed E-state index contributed by atoms with van der Waals surface area (Å²) in [4.78, 5) is 0. The van der Waals surface area contributed by atoms with Crippen LogP contribution in [0, 0.1) is 12.8 Å². The van der Waals surface area contributed by atoms with E-state index in [1.54, 1.807) is 0 Å². The topological polar surface area (TPSA) is 35.2 Å². The SMILES string of the molecule is Cc1ccccc1C(OCCCC(C)C)C(C)N. The van der Waals surface area contributed by atoms with Gasteiger partial charge in [-0.1, -0.05) is 38.1 Å². The van der Waals surface area contributed by atoms with Crippen molar-refractivity contribution in [3.8, 4) is 0 Å². The molecule has 2 atom stereocenters. The Morgan fingerprint density at radius 2 is 1.83 bits per heavy atom. The summed E-state index contributed by atoms with van der Waals surface area (Å²) in [7, 11) is 0. The van der Waals surface area contributed by atoms with Crippen molar-refractivity contribution >= 4 is 0 Å². The van der Waals surface area contributed by atoms with Gasteiger partial charge in [-0.25, -0.2) is 0 Å². The van der Waals surface area contributed by atoms with E-state index < -0.39 is 0 Å². The molecule has 0 aliphatic rings. The lowest BCUT2D eigenvalue weighted by molar-refractivity contribution is 0.0344. The third-order valence-corrected chi connectivity index (χ3v) is 3.20. The number of hydrogen-bond acceptors (Lipinski definition) is 2. The van der Waals surface area contributed by atoms with Crippen LogP contribution in [0.25, 0.3) is 0 Å². The molecule has 0 heterocycles. The zero-order valence-corrected chi connectivity index (χ0v) is 12.1. The van der Waals surface area contributed by atoms with Gasteiger partial charge in [0, 0.05) is 12.6 Å². The third kappa shape index (κ3) is 4.79. The van der Waals surface area contributed by atoms with E-state index in [0.717, 1.165) is 18.9 Å². The lowest BCUT2D eigenvalue weighted by atomic mass is 9.99. The zero-order valence-electron chi connectivity index (χ0n) is 12.1. The second kappa shape index (κ2) is 7.55. The van der Waals surface area contributed by atoms with E-state index in [2.05, 4.69) is 45.0 Å². The molecule has 2 N–H and O–H groups in total. The Labute approximate surface area is 112 Å². The number of aryl methyl sites for hydroxylation is 1. The van der Waals surface area contributed by atoms with Crippen molar-refractivity contribution in [2.24, 2.45) is 11.7 Å². The van der Waals surface area contributed by atoms with Crippen LogP contribution in [0.15, 0.2) is 24.3 Å². The van der Waals surface area contributed by atoms with E-state index in [4.69, 9.17) is 10.5 Å². The van der Waals surface area contributed by atoms with Crippen LogP contribution in [0.3, 0.4) is 0 Å². The summed E-state index contributed by atoms with van der Waals surface area (Å²) in [5, 5.41) is 0. The van der Waals surface area contributed by atoms with Gasteiger partial charge in [0.15, 0.2) is 0 Å². The molecular formula is C16H27NO. The molecule has 0 amide bonds. The second-order valence-electron chi connectivity index (χ2n) is 5.54. The standard InChI is InChI=1S/C16H27NO/c1-12(2)8-7-11-18-16(14(4)17)15-10-6-5-9-13(15)3/h5-6,9-10,12,14,16H,7-8,11,17H2,1-4H3. The Hall–Kier alpha value is -0.860. The first-order valence-corrected chi connectivity index (χ1v) is 6.95. The quantitative estimate of drug-likeness (QED) is 0.745. The molecule has 1 aromatic rings. The first-order valence-electron chi connectivity index (χ1n) is 6.95.